The second kappa shape index (κ2) is 5.97. The van der Waals surface area contributed by atoms with E-state index in [0.717, 1.165) is 17.5 Å². The monoisotopic (exact) mass is 291 g/mol. The molecule has 1 saturated carbocycles. The summed E-state index contributed by atoms with van der Waals surface area (Å²) in [7, 11) is -3.28. The minimum Gasteiger partial charge on any atom is -0.228 e. The molecule has 1 aliphatic rings. The molecule has 108 valence electrons. The van der Waals surface area contributed by atoms with Crippen LogP contribution in [-0.4, -0.2) is 13.7 Å². The maximum Gasteiger partial charge on any atom is 0.158 e. The lowest BCUT2D eigenvalue weighted by Crippen LogP contribution is -2.35. The van der Waals surface area contributed by atoms with E-state index in [0.29, 0.717) is 18.8 Å². The number of nitriles is 1. The highest BCUT2D eigenvalue weighted by atomic mass is 32.2. The Bertz CT molecular complexity index is 616. The van der Waals surface area contributed by atoms with Crippen molar-refractivity contribution in [2.24, 2.45) is 11.8 Å². The highest BCUT2D eigenvalue weighted by Crippen LogP contribution is 2.34. The molecule has 0 saturated heterocycles. The molecule has 3 nitrogen and oxygen atoms in total. The molecule has 0 bridgehead atoms. The smallest absolute Gasteiger partial charge is 0.158 e. The Kier molecular flexibility index (Phi) is 4.49. The highest BCUT2D eigenvalue weighted by molar-refractivity contribution is 7.91. The van der Waals surface area contributed by atoms with Gasteiger partial charge in [0.05, 0.1) is 23.0 Å². The van der Waals surface area contributed by atoms with E-state index in [4.69, 9.17) is 0 Å². The molecule has 4 heteroatoms. The molecule has 1 aliphatic carbocycles. The predicted molar refractivity (Wildman–Crippen MR) is 79.7 cm³/mol. The second-order valence-corrected chi connectivity index (χ2v) is 8.15. The van der Waals surface area contributed by atoms with Gasteiger partial charge in [0, 0.05) is 0 Å². The molecule has 2 rings (SSSR count). The van der Waals surface area contributed by atoms with Crippen molar-refractivity contribution in [3.63, 3.8) is 0 Å². The quantitative estimate of drug-likeness (QED) is 0.859. The Hall–Kier alpha value is -1.34. The van der Waals surface area contributed by atoms with E-state index in [-0.39, 0.29) is 11.7 Å². The first-order valence-corrected chi connectivity index (χ1v) is 8.81. The summed E-state index contributed by atoms with van der Waals surface area (Å²) in [5.41, 5.74) is 1.84. The van der Waals surface area contributed by atoms with E-state index in [1.54, 1.807) is 0 Å². The SMILES string of the molecule is Cc1ccccc1CS(=O)(=O)C1CC(C)CCC1C#N. The average Bonchev–Trinajstić information content (AvgIpc) is 2.41. The normalized spacial score (nSPS) is 26.9. The predicted octanol–water partition coefficient (Wildman–Crippen LogP) is 3.24. The van der Waals surface area contributed by atoms with E-state index in [1.165, 1.54) is 0 Å². The molecular formula is C16H21NO2S. The maximum absolute atomic E-state index is 12.7. The number of nitrogens with zero attached hydrogens (tertiary/aromatic N) is 1. The van der Waals surface area contributed by atoms with Gasteiger partial charge in [-0.05, 0) is 43.2 Å². The van der Waals surface area contributed by atoms with Crippen LogP contribution in [-0.2, 0) is 15.6 Å². The van der Waals surface area contributed by atoms with Crippen molar-refractivity contribution >= 4 is 9.84 Å². The summed E-state index contributed by atoms with van der Waals surface area (Å²) in [4.78, 5) is 0. The zero-order chi connectivity index (χ0) is 14.8. The van der Waals surface area contributed by atoms with Crippen LogP contribution < -0.4 is 0 Å². The van der Waals surface area contributed by atoms with Crippen molar-refractivity contribution in [2.75, 3.05) is 0 Å². The van der Waals surface area contributed by atoms with Crippen LogP contribution in [0, 0.1) is 30.1 Å². The Morgan fingerprint density at radius 2 is 2.00 bits per heavy atom. The summed E-state index contributed by atoms with van der Waals surface area (Å²) in [6.45, 7) is 4.00. The Balaban J connectivity index is 2.25. The van der Waals surface area contributed by atoms with Gasteiger partial charge in [-0.1, -0.05) is 31.2 Å². The molecule has 0 aliphatic heterocycles. The fourth-order valence-corrected chi connectivity index (χ4v) is 5.26. The molecule has 0 heterocycles. The van der Waals surface area contributed by atoms with E-state index in [9.17, 15) is 13.7 Å². The van der Waals surface area contributed by atoms with Gasteiger partial charge in [-0.3, -0.25) is 0 Å². The zero-order valence-electron chi connectivity index (χ0n) is 12.0. The van der Waals surface area contributed by atoms with E-state index in [2.05, 4.69) is 13.0 Å². The lowest BCUT2D eigenvalue weighted by Gasteiger charge is -2.30. The van der Waals surface area contributed by atoms with Crippen molar-refractivity contribution in [2.45, 2.75) is 44.1 Å². The van der Waals surface area contributed by atoms with Gasteiger partial charge in [-0.25, -0.2) is 8.42 Å². The van der Waals surface area contributed by atoms with Gasteiger partial charge < -0.3 is 0 Å². The lowest BCUT2D eigenvalue weighted by atomic mass is 9.83. The fraction of sp³-hybridized carbons (Fsp3) is 0.562. The average molecular weight is 291 g/mol. The van der Waals surface area contributed by atoms with Crippen molar-refractivity contribution < 1.29 is 8.42 Å². The highest BCUT2D eigenvalue weighted by Gasteiger charge is 2.38. The van der Waals surface area contributed by atoms with Crippen LogP contribution in [0.5, 0.6) is 0 Å². The largest absolute Gasteiger partial charge is 0.228 e. The van der Waals surface area contributed by atoms with Gasteiger partial charge in [0.15, 0.2) is 9.84 Å². The molecule has 0 amide bonds. The van der Waals surface area contributed by atoms with Gasteiger partial charge in [0.2, 0.25) is 0 Å². The first kappa shape index (κ1) is 15.1. The van der Waals surface area contributed by atoms with Gasteiger partial charge in [-0.15, -0.1) is 0 Å². The number of hydrogen-bond acceptors (Lipinski definition) is 3. The molecule has 0 spiro atoms. The zero-order valence-corrected chi connectivity index (χ0v) is 12.9. The number of hydrogen-bond donors (Lipinski definition) is 0. The van der Waals surface area contributed by atoms with Crippen LogP contribution in [0.2, 0.25) is 0 Å². The maximum atomic E-state index is 12.7. The summed E-state index contributed by atoms with van der Waals surface area (Å²) in [6, 6.07) is 9.76. The molecular weight excluding hydrogens is 270 g/mol. The first-order valence-electron chi connectivity index (χ1n) is 7.09. The number of sulfone groups is 1. The van der Waals surface area contributed by atoms with Crippen molar-refractivity contribution in [3.05, 3.63) is 35.4 Å². The molecule has 0 aromatic heterocycles. The molecule has 20 heavy (non-hydrogen) atoms. The summed E-state index contributed by atoms with van der Waals surface area (Å²) in [6.07, 6.45) is 2.27. The Morgan fingerprint density at radius 1 is 1.30 bits per heavy atom. The van der Waals surface area contributed by atoms with E-state index >= 15 is 0 Å². The van der Waals surface area contributed by atoms with Gasteiger partial charge in [0.1, 0.15) is 0 Å². The van der Waals surface area contributed by atoms with Crippen molar-refractivity contribution in [1.82, 2.24) is 0 Å². The van der Waals surface area contributed by atoms with Crippen molar-refractivity contribution in [1.29, 1.82) is 5.26 Å². The Labute approximate surface area is 121 Å². The van der Waals surface area contributed by atoms with E-state index < -0.39 is 15.1 Å². The number of rotatable bonds is 3. The third-order valence-electron chi connectivity index (χ3n) is 4.30. The number of aryl methyl sites for hydroxylation is 1. The molecule has 3 unspecified atom stereocenters. The topological polar surface area (TPSA) is 57.9 Å². The minimum absolute atomic E-state index is 0.0508. The van der Waals surface area contributed by atoms with Crippen LogP contribution in [0.4, 0.5) is 0 Å². The van der Waals surface area contributed by atoms with Crippen LogP contribution in [0.25, 0.3) is 0 Å². The standard InChI is InChI=1S/C16H21NO2S/c1-12-7-8-14(10-17)16(9-12)20(18,19)11-15-6-4-3-5-13(15)2/h3-6,12,14,16H,7-9,11H2,1-2H3. The molecule has 0 radical (unpaired) electrons. The second-order valence-electron chi connectivity index (χ2n) is 5.93. The molecule has 0 N–H and O–H groups in total. The Morgan fingerprint density at radius 3 is 2.65 bits per heavy atom. The van der Waals surface area contributed by atoms with Gasteiger partial charge in [-0.2, -0.15) is 5.26 Å². The van der Waals surface area contributed by atoms with Crippen LogP contribution >= 0.6 is 0 Å². The van der Waals surface area contributed by atoms with Gasteiger partial charge in [0.25, 0.3) is 0 Å². The summed E-state index contributed by atoms with van der Waals surface area (Å²) < 4.78 is 25.3. The van der Waals surface area contributed by atoms with Crippen LogP contribution in [0.3, 0.4) is 0 Å². The lowest BCUT2D eigenvalue weighted by molar-refractivity contribution is 0.334. The molecule has 1 fully saturated rings. The van der Waals surface area contributed by atoms with E-state index in [1.807, 2.05) is 31.2 Å². The molecule has 1 aromatic carbocycles. The minimum atomic E-state index is -3.28. The third kappa shape index (κ3) is 3.21. The van der Waals surface area contributed by atoms with Crippen LogP contribution in [0.15, 0.2) is 24.3 Å². The molecule has 1 aromatic rings. The summed E-state index contributed by atoms with van der Waals surface area (Å²) in [5, 5.41) is 8.71. The first-order chi connectivity index (χ1) is 9.44. The van der Waals surface area contributed by atoms with Gasteiger partial charge >= 0.3 is 0 Å². The number of benzene rings is 1. The fourth-order valence-electron chi connectivity index (χ4n) is 2.97. The molecule has 3 atom stereocenters. The summed E-state index contributed by atoms with van der Waals surface area (Å²) >= 11 is 0. The third-order valence-corrected chi connectivity index (χ3v) is 6.46. The van der Waals surface area contributed by atoms with Crippen LogP contribution in [0.1, 0.15) is 37.3 Å². The van der Waals surface area contributed by atoms with Crippen molar-refractivity contribution in [3.8, 4) is 6.07 Å². The summed E-state index contributed by atoms with van der Waals surface area (Å²) in [5.74, 6) is 0.0892.